The molecule has 25 heavy (non-hydrogen) atoms. The topological polar surface area (TPSA) is 65.0 Å². The summed E-state index contributed by atoms with van der Waals surface area (Å²) in [5, 5.41) is 9.30. The summed E-state index contributed by atoms with van der Waals surface area (Å²) in [6.45, 7) is -3.01. The summed E-state index contributed by atoms with van der Waals surface area (Å²) in [7, 11) is 0. The van der Waals surface area contributed by atoms with Crippen molar-refractivity contribution in [3.8, 4) is 23.0 Å². The second kappa shape index (κ2) is 5.77. The van der Waals surface area contributed by atoms with Crippen LogP contribution in [0.25, 0.3) is 0 Å². The van der Waals surface area contributed by atoms with Crippen LogP contribution in [0.1, 0.15) is 11.5 Å². The van der Waals surface area contributed by atoms with Gasteiger partial charge < -0.3 is 19.3 Å². The third kappa shape index (κ3) is 2.84. The molecule has 0 radical (unpaired) electrons. The Kier molecular flexibility index (Phi) is 3.68. The van der Waals surface area contributed by atoms with Crippen molar-refractivity contribution < 1.29 is 32.9 Å². The number of hydrogen-bond acceptors (Lipinski definition) is 4. The monoisotopic (exact) mass is 368 g/mol. The number of aliphatic carboxylic acids is 1. The molecule has 8 heteroatoms. The maximum absolute atomic E-state index is 12.5. The van der Waals surface area contributed by atoms with Crippen molar-refractivity contribution >= 4 is 17.6 Å². The van der Waals surface area contributed by atoms with E-state index in [-0.39, 0.29) is 28.5 Å². The number of hydrogen-bond donors (Lipinski definition) is 1. The van der Waals surface area contributed by atoms with E-state index in [0.717, 1.165) is 5.56 Å². The fourth-order valence-electron chi connectivity index (χ4n) is 3.08. The molecule has 0 amide bonds. The highest BCUT2D eigenvalue weighted by molar-refractivity contribution is 6.30. The SMILES string of the molecule is O=C(O)C1C2c3ccc(Oc4ccc(Cl)cc4OC(F)F)cc3O[C@@H]12. The van der Waals surface area contributed by atoms with Gasteiger partial charge in [0.2, 0.25) is 0 Å². The number of ether oxygens (including phenoxy) is 3. The molecule has 1 heterocycles. The maximum atomic E-state index is 12.5. The van der Waals surface area contributed by atoms with Crippen molar-refractivity contribution in [2.24, 2.45) is 5.92 Å². The Morgan fingerprint density at radius 3 is 2.72 bits per heavy atom. The lowest BCUT2D eigenvalue weighted by atomic mass is 10.1. The molecule has 4 rings (SSSR count). The summed E-state index contributed by atoms with van der Waals surface area (Å²) in [6, 6.07) is 9.10. The second-order valence-corrected chi connectivity index (χ2v) is 6.18. The van der Waals surface area contributed by atoms with E-state index in [1.165, 1.54) is 18.2 Å². The predicted molar refractivity (Wildman–Crippen MR) is 82.9 cm³/mol. The molecule has 2 unspecified atom stereocenters. The summed E-state index contributed by atoms with van der Waals surface area (Å²) in [5.41, 5.74) is 0.810. The minimum absolute atomic E-state index is 0.0798. The number of benzene rings is 2. The average molecular weight is 369 g/mol. The highest BCUT2D eigenvalue weighted by Crippen LogP contribution is 2.59. The molecular weight excluding hydrogens is 358 g/mol. The summed E-state index contributed by atoms with van der Waals surface area (Å²) in [6.07, 6.45) is -0.351. The number of rotatable bonds is 5. The molecule has 130 valence electrons. The molecule has 3 atom stereocenters. The largest absolute Gasteiger partial charge is 0.488 e. The molecule has 1 aliphatic heterocycles. The third-order valence-electron chi connectivity index (χ3n) is 4.20. The van der Waals surface area contributed by atoms with E-state index in [4.69, 9.17) is 26.2 Å². The summed E-state index contributed by atoms with van der Waals surface area (Å²) in [5.74, 6) is -0.745. The minimum atomic E-state index is -3.01. The summed E-state index contributed by atoms with van der Waals surface area (Å²) >= 11 is 5.79. The molecule has 0 bridgehead atoms. The summed E-state index contributed by atoms with van der Waals surface area (Å²) < 4.78 is 40.7. The Balaban J connectivity index is 1.57. The number of carboxylic acid groups (broad SMARTS) is 1. The molecule has 2 aliphatic rings. The Labute approximate surface area is 145 Å². The van der Waals surface area contributed by atoms with E-state index < -0.39 is 18.5 Å². The van der Waals surface area contributed by atoms with Crippen molar-refractivity contribution in [1.29, 1.82) is 0 Å². The lowest BCUT2D eigenvalue weighted by Gasteiger charge is -2.13. The van der Waals surface area contributed by atoms with Crippen LogP contribution in [0.15, 0.2) is 36.4 Å². The zero-order valence-electron chi connectivity index (χ0n) is 12.5. The molecule has 2 aromatic rings. The third-order valence-corrected chi connectivity index (χ3v) is 4.43. The van der Waals surface area contributed by atoms with Crippen molar-refractivity contribution in [2.75, 3.05) is 0 Å². The van der Waals surface area contributed by atoms with Crippen LogP contribution >= 0.6 is 11.6 Å². The van der Waals surface area contributed by atoms with Gasteiger partial charge in [-0.3, -0.25) is 4.79 Å². The standard InChI is InChI=1S/C17H11ClF2O5/c18-7-1-4-10(12(5-7)25-17(19)20)23-8-2-3-9-11(6-8)24-15-13(9)14(15)16(21)22/h1-6,13-15,17H,(H,21,22)/t13?,14?,15-/m1/s1. The van der Waals surface area contributed by atoms with Gasteiger partial charge in [0.25, 0.3) is 0 Å². The molecule has 2 aromatic carbocycles. The highest BCUT2D eigenvalue weighted by atomic mass is 35.5. The van der Waals surface area contributed by atoms with Gasteiger partial charge in [-0.25, -0.2) is 0 Å². The molecule has 0 saturated heterocycles. The van der Waals surface area contributed by atoms with Crippen molar-refractivity contribution in [2.45, 2.75) is 18.6 Å². The van der Waals surface area contributed by atoms with Crippen LogP contribution in [0.5, 0.6) is 23.0 Å². The first-order valence-corrected chi connectivity index (χ1v) is 7.77. The molecule has 0 spiro atoms. The predicted octanol–water partition coefficient (Wildman–Crippen LogP) is 4.29. The normalized spacial score (nSPS) is 22.8. The number of carbonyl (C=O) groups is 1. The van der Waals surface area contributed by atoms with Gasteiger partial charge >= 0.3 is 12.6 Å². The van der Waals surface area contributed by atoms with Crippen LogP contribution in [0, 0.1) is 5.92 Å². The average Bonchev–Trinajstić information content (AvgIpc) is 3.13. The van der Waals surface area contributed by atoms with Crippen LogP contribution in [0.2, 0.25) is 5.02 Å². The smallest absolute Gasteiger partial charge is 0.387 e. The first kappa shape index (κ1) is 16.0. The maximum Gasteiger partial charge on any atom is 0.387 e. The van der Waals surface area contributed by atoms with Gasteiger partial charge in [-0.2, -0.15) is 8.78 Å². The van der Waals surface area contributed by atoms with Gasteiger partial charge in [0.1, 0.15) is 23.5 Å². The molecular formula is C17H11ClF2O5. The second-order valence-electron chi connectivity index (χ2n) is 5.74. The summed E-state index contributed by atoms with van der Waals surface area (Å²) in [4.78, 5) is 11.1. The first-order chi connectivity index (χ1) is 11.9. The van der Waals surface area contributed by atoms with Crippen LogP contribution in [-0.2, 0) is 4.79 Å². The number of halogens is 3. The van der Waals surface area contributed by atoms with Crippen molar-refractivity contribution in [3.05, 3.63) is 47.0 Å². The van der Waals surface area contributed by atoms with Gasteiger partial charge in [0.05, 0.1) is 0 Å². The van der Waals surface area contributed by atoms with E-state index in [2.05, 4.69) is 4.74 Å². The van der Waals surface area contributed by atoms with Crippen LogP contribution in [0.4, 0.5) is 8.78 Å². The Morgan fingerprint density at radius 2 is 2.00 bits per heavy atom. The van der Waals surface area contributed by atoms with Crippen molar-refractivity contribution in [1.82, 2.24) is 0 Å². The molecule has 0 aromatic heterocycles. The van der Waals surface area contributed by atoms with E-state index in [1.54, 1.807) is 18.2 Å². The number of alkyl halides is 2. The molecule has 1 saturated carbocycles. The lowest BCUT2D eigenvalue weighted by molar-refractivity contribution is -0.139. The zero-order chi connectivity index (χ0) is 17.7. The van der Waals surface area contributed by atoms with E-state index in [1.807, 2.05) is 0 Å². The van der Waals surface area contributed by atoms with Gasteiger partial charge in [-0.1, -0.05) is 17.7 Å². The Morgan fingerprint density at radius 1 is 1.20 bits per heavy atom. The molecule has 1 N–H and O–H groups in total. The zero-order valence-corrected chi connectivity index (χ0v) is 13.2. The molecule has 5 nitrogen and oxygen atoms in total. The van der Waals surface area contributed by atoms with Gasteiger partial charge in [-0.05, 0) is 18.2 Å². The molecule has 1 fully saturated rings. The number of fused-ring (bicyclic) bond motifs is 3. The fourth-order valence-corrected chi connectivity index (χ4v) is 3.24. The highest BCUT2D eigenvalue weighted by Gasteiger charge is 2.63. The van der Waals surface area contributed by atoms with Crippen LogP contribution < -0.4 is 14.2 Å². The van der Waals surface area contributed by atoms with Gasteiger partial charge in [0, 0.05) is 28.6 Å². The van der Waals surface area contributed by atoms with Crippen molar-refractivity contribution in [3.63, 3.8) is 0 Å². The van der Waals surface area contributed by atoms with E-state index >= 15 is 0 Å². The quantitative estimate of drug-likeness (QED) is 0.852. The minimum Gasteiger partial charge on any atom is -0.488 e. The van der Waals surface area contributed by atoms with Crippen LogP contribution in [-0.4, -0.2) is 23.8 Å². The molecule has 1 aliphatic carbocycles. The fraction of sp³-hybridized carbons (Fsp3) is 0.235. The van der Waals surface area contributed by atoms with Gasteiger partial charge in [0.15, 0.2) is 11.5 Å². The Hall–Kier alpha value is -2.54. The van der Waals surface area contributed by atoms with E-state index in [9.17, 15) is 13.6 Å². The van der Waals surface area contributed by atoms with E-state index in [0.29, 0.717) is 11.5 Å². The number of carboxylic acids is 1. The first-order valence-electron chi connectivity index (χ1n) is 7.39. The van der Waals surface area contributed by atoms with Crippen LogP contribution in [0.3, 0.4) is 0 Å². The van der Waals surface area contributed by atoms with Gasteiger partial charge in [-0.15, -0.1) is 0 Å². The Bertz CT molecular complexity index is 857. The lowest BCUT2D eigenvalue weighted by Crippen LogP contribution is -2.08.